The minimum atomic E-state index is -1.31. The molecule has 3 aromatic rings. The highest BCUT2D eigenvalue weighted by molar-refractivity contribution is 5.96. The standard InChI is InChI=1S/C29H31NO5/c1-28(2,22-9-5-4-6-10-22)19-29(33,16-20-8-7-11-24(14-20)34-3)17-26(31)30-23-12-13-25-21(15-23)18-35-27(25)32/h4-15,33H,16-19H2,1-3H3,(H,30,31). The van der Waals surface area contributed by atoms with Crippen LogP contribution in [0.5, 0.6) is 5.75 Å². The number of hydrogen-bond acceptors (Lipinski definition) is 5. The first-order valence-electron chi connectivity index (χ1n) is 11.7. The molecular formula is C29H31NO5. The van der Waals surface area contributed by atoms with Gasteiger partial charge in [-0.3, -0.25) is 4.79 Å². The molecule has 1 atom stereocenters. The lowest BCUT2D eigenvalue weighted by Crippen LogP contribution is -2.41. The number of fused-ring (bicyclic) bond motifs is 1. The molecule has 35 heavy (non-hydrogen) atoms. The third-order valence-corrected chi connectivity index (χ3v) is 6.45. The lowest BCUT2D eigenvalue weighted by molar-refractivity contribution is -0.121. The molecule has 0 aromatic heterocycles. The van der Waals surface area contributed by atoms with Gasteiger partial charge < -0.3 is 19.9 Å². The quantitative estimate of drug-likeness (QED) is 0.426. The second-order valence-corrected chi connectivity index (χ2v) is 9.85. The fraction of sp³-hybridized carbons (Fsp3) is 0.310. The van der Waals surface area contributed by atoms with E-state index < -0.39 is 5.60 Å². The third-order valence-electron chi connectivity index (χ3n) is 6.45. The van der Waals surface area contributed by atoms with Gasteiger partial charge in [0.15, 0.2) is 0 Å². The Morgan fingerprint density at radius 2 is 1.83 bits per heavy atom. The minimum Gasteiger partial charge on any atom is -0.497 e. The molecular weight excluding hydrogens is 442 g/mol. The van der Waals surface area contributed by atoms with Crippen molar-refractivity contribution in [2.45, 2.75) is 50.7 Å². The van der Waals surface area contributed by atoms with Crippen LogP contribution in [-0.4, -0.2) is 29.7 Å². The van der Waals surface area contributed by atoms with E-state index >= 15 is 0 Å². The van der Waals surface area contributed by atoms with Gasteiger partial charge in [-0.05, 0) is 53.3 Å². The van der Waals surface area contributed by atoms with Gasteiger partial charge in [0.05, 0.1) is 24.7 Å². The number of amides is 1. The van der Waals surface area contributed by atoms with Gasteiger partial charge in [-0.25, -0.2) is 4.79 Å². The first-order valence-corrected chi connectivity index (χ1v) is 11.7. The maximum absolute atomic E-state index is 13.1. The number of cyclic esters (lactones) is 1. The third kappa shape index (κ3) is 5.89. The molecule has 3 aromatic carbocycles. The van der Waals surface area contributed by atoms with Crippen LogP contribution in [0.2, 0.25) is 0 Å². The Bertz CT molecular complexity index is 1220. The molecule has 0 spiro atoms. The van der Waals surface area contributed by atoms with Gasteiger partial charge >= 0.3 is 5.97 Å². The van der Waals surface area contributed by atoms with E-state index in [2.05, 4.69) is 19.2 Å². The smallest absolute Gasteiger partial charge is 0.338 e. The van der Waals surface area contributed by atoms with Crippen molar-refractivity contribution < 1.29 is 24.2 Å². The molecule has 1 heterocycles. The number of aliphatic hydroxyl groups is 1. The van der Waals surface area contributed by atoms with E-state index in [-0.39, 0.29) is 30.3 Å². The fourth-order valence-corrected chi connectivity index (χ4v) is 4.88. The van der Waals surface area contributed by atoms with Gasteiger partial charge in [-0.15, -0.1) is 0 Å². The zero-order valence-corrected chi connectivity index (χ0v) is 20.3. The summed E-state index contributed by atoms with van der Waals surface area (Å²) in [6.45, 7) is 4.35. The van der Waals surface area contributed by atoms with Crippen LogP contribution in [0.15, 0.2) is 72.8 Å². The SMILES string of the molecule is COc1cccc(CC(O)(CC(=O)Nc2ccc3c(c2)COC3=O)CC(C)(C)c2ccccc2)c1. The predicted octanol–water partition coefficient (Wildman–Crippen LogP) is 5.04. The van der Waals surface area contributed by atoms with Crippen LogP contribution in [-0.2, 0) is 28.0 Å². The topological polar surface area (TPSA) is 84.9 Å². The number of hydrogen-bond donors (Lipinski definition) is 2. The maximum atomic E-state index is 13.1. The van der Waals surface area contributed by atoms with Crippen LogP contribution < -0.4 is 10.1 Å². The lowest BCUT2D eigenvalue weighted by atomic mass is 9.72. The Balaban J connectivity index is 1.56. The van der Waals surface area contributed by atoms with E-state index in [4.69, 9.17) is 9.47 Å². The van der Waals surface area contributed by atoms with Crippen LogP contribution in [0.1, 0.15) is 53.7 Å². The van der Waals surface area contributed by atoms with Gasteiger partial charge in [0.2, 0.25) is 5.91 Å². The van der Waals surface area contributed by atoms with E-state index in [0.717, 1.165) is 16.7 Å². The number of nitrogens with one attached hydrogen (secondary N) is 1. The molecule has 1 aliphatic heterocycles. The monoisotopic (exact) mass is 473 g/mol. The highest BCUT2D eigenvalue weighted by Crippen LogP contribution is 2.36. The van der Waals surface area contributed by atoms with Crippen molar-refractivity contribution in [2.24, 2.45) is 0 Å². The van der Waals surface area contributed by atoms with Crippen molar-refractivity contribution in [1.82, 2.24) is 0 Å². The second kappa shape index (κ2) is 9.92. The zero-order valence-electron chi connectivity index (χ0n) is 20.3. The number of rotatable bonds is 9. The highest BCUT2D eigenvalue weighted by atomic mass is 16.5. The molecule has 0 radical (unpaired) electrons. The summed E-state index contributed by atoms with van der Waals surface area (Å²) < 4.78 is 10.4. The summed E-state index contributed by atoms with van der Waals surface area (Å²) in [4.78, 5) is 24.8. The molecule has 6 nitrogen and oxygen atoms in total. The average molecular weight is 474 g/mol. The van der Waals surface area contributed by atoms with Crippen molar-refractivity contribution in [1.29, 1.82) is 0 Å². The fourth-order valence-electron chi connectivity index (χ4n) is 4.88. The van der Waals surface area contributed by atoms with E-state index in [1.807, 2.05) is 54.6 Å². The van der Waals surface area contributed by atoms with Crippen molar-refractivity contribution in [3.8, 4) is 5.75 Å². The molecule has 2 N–H and O–H groups in total. The molecule has 6 heteroatoms. The largest absolute Gasteiger partial charge is 0.497 e. The Kier molecular flexibility index (Phi) is 6.94. The van der Waals surface area contributed by atoms with Crippen LogP contribution >= 0.6 is 0 Å². The molecule has 1 amide bonds. The number of anilines is 1. The Hall–Kier alpha value is -3.64. The second-order valence-electron chi connectivity index (χ2n) is 9.85. The van der Waals surface area contributed by atoms with E-state index in [1.54, 1.807) is 25.3 Å². The first-order chi connectivity index (χ1) is 16.7. The van der Waals surface area contributed by atoms with Gasteiger partial charge in [0.1, 0.15) is 12.4 Å². The summed E-state index contributed by atoms with van der Waals surface area (Å²) in [5.74, 6) is 0.0460. The Labute approximate surface area is 205 Å². The van der Waals surface area contributed by atoms with E-state index in [9.17, 15) is 14.7 Å². The molecule has 182 valence electrons. The van der Waals surface area contributed by atoms with Crippen LogP contribution in [0.25, 0.3) is 0 Å². The number of carbonyl (C=O) groups is 2. The summed E-state index contributed by atoms with van der Waals surface area (Å²) in [5.41, 5.74) is 2.11. The summed E-state index contributed by atoms with van der Waals surface area (Å²) in [7, 11) is 1.60. The van der Waals surface area contributed by atoms with Crippen LogP contribution in [0, 0.1) is 0 Å². The Morgan fingerprint density at radius 1 is 1.06 bits per heavy atom. The first kappa shape index (κ1) is 24.5. The molecule has 0 saturated heterocycles. The zero-order chi connectivity index (χ0) is 25.1. The molecule has 0 saturated carbocycles. The number of carbonyl (C=O) groups excluding carboxylic acids is 2. The maximum Gasteiger partial charge on any atom is 0.338 e. The molecule has 1 aliphatic rings. The summed E-state index contributed by atoms with van der Waals surface area (Å²) in [6.07, 6.45) is 0.578. The van der Waals surface area contributed by atoms with Crippen molar-refractivity contribution >= 4 is 17.6 Å². The lowest BCUT2D eigenvalue weighted by Gasteiger charge is -2.37. The van der Waals surface area contributed by atoms with Gasteiger partial charge in [-0.1, -0.05) is 56.3 Å². The molecule has 0 bridgehead atoms. The highest BCUT2D eigenvalue weighted by Gasteiger charge is 2.38. The predicted molar refractivity (Wildman–Crippen MR) is 135 cm³/mol. The minimum absolute atomic E-state index is 0.0903. The summed E-state index contributed by atoms with van der Waals surface area (Å²) >= 11 is 0. The van der Waals surface area contributed by atoms with Crippen molar-refractivity contribution in [2.75, 3.05) is 12.4 Å². The molecule has 0 fully saturated rings. The van der Waals surface area contributed by atoms with E-state index in [0.29, 0.717) is 29.8 Å². The Morgan fingerprint density at radius 3 is 2.57 bits per heavy atom. The number of ether oxygens (including phenoxy) is 2. The normalized spacial score (nSPS) is 14.6. The summed E-state index contributed by atoms with van der Waals surface area (Å²) in [5, 5.41) is 14.8. The van der Waals surface area contributed by atoms with Gasteiger partial charge in [0, 0.05) is 17.7 Å². The van der Waals surface area contributed by atoms with Crippen molar-refractivity contribution in [3.05, 3.63) is 95.1 Å². The van der Waals surface area contributed by atoms with E-state index in [1.165, 1.54) is 0 Å². The molecule has 4 rings (SSSR count). The van der Waals surface area contributed by atoms with Gasteiger partial charge in [-0.2, -0.15) is 0 Å². The number of benzene rings is 3. The summed E-state index contributed by atoms with van der Waals surface area (Å²) in [6, 6.07) is 22.6. The van der Waals surface area contributed by atoms with Gasteiger partial charge in [0.25, 0.3) is 0 Å². The van der Waals surface area contributed by atoms with Crippen LogP contribution in [0.3, 0.4) is 0 Å². The average Bonchev–Trinajstić information content (AvgIpc) is 3.19. The number of methoxy groups -OCH3 is 1. The van der Waals surface area contributed by atoms with Crippen LogP contribution in [0.4, 0.5) is 5.69 Å². The molecule has 1 unspecified atom stereocenters. The van der Waals surface area contributed by atoms with Crippen molar-refractivity contribution in [3.63, 3.8) is 0 Å². The molecule has 0 aliphatic carbocycles. The number of esters is 1.